The van der Waals surface area contributed by atoms with E-state index in [1.165, 1.54) is 4.90 Å². The fourth-order valence-electron chi connectivity index (χ4n) is 6.32. The molecule has 3 unspecified atom stereocenters. The first-order valence-electron chi connectivity index (χ1n) is 11.5. The second kappa shape index (κ2) is 8.25. The molecule has 180 valence electrons. The summed E-state index contributed by atoms with van der Waals surface area (Å²) < 4.78 is 6.59. The molecule has 7 atom stereocenters. The predicted octanol–water partition coefficient (Wildman–Crippen LogP) is 2.11. The molecule has 33 heavy (non-hydrogen) atoms. The summed E-state index contributed by atoms with van der Waals surface area (Å²) >= 11 is 6.36. The number of aryl methyl sites for hydroxylation is 1. The summed E-state index contributed by atoms with van der Waals surface area (Å²) in [6.07, 6.45) is 0.919. The van der Waals surface area contributed by atoms with Crippen molar-refractivity contribution in [1.82, 2.24) is 10.2 Å². The SMILES string of the molecule is CC[C@@H](CO)N1C(=O)[C@@H]2[C@H](C(=O)NC)[C@@]3(C)OC2(CC3C)C1C(=O)Nc1c(C)cccc1Cl. The number of nitrogens with zero attached hydrogens (tertiary/aromatic N) is 1. The third kappa shape index (κ3) is 3.21. The molecular weight excluding hydrogens is 446 g/mol. The van der Waals surface area contributed by atoms with Gasteiger partial charge in [-0.25, -0.2) is 0 Å². The molecule has 0 aliphatic carbocycles. The monoisotopic (exact) mass is 477 g/mol. The van der Waals surface area contributed by atoms with E-state index in [1.807, 2.05) is 33.8 Å². The van der Waals surface area contributed by atoms with Gasteiger partial charge in [-0.2, -0.15) is 0 Å². The number of halogens is 1. The molecule has 1 spiro atoms. The van der Waals surface area contributed by atoms with Crippen LogP contribution in [-0.4, -0.2) is 64.7 Å². The maximum atomic E-state index is 13.9. The molecule has 9 heteroatoms. The van der Waals surface area contributed by atoms with Gasteiger partial charge in [0.05, 0.1) is 40.8 Å². The molecule has 3 fully saturated rings. The zero-order valence-electron chi connectivity index (χ0n) is 19.6. The molecule has 4 rings (SSSR count). The summed E-state index contributed by atoms with van der Waals surface area (Å²) in [5.74, 6) is -2.60. The van der Waals surface area contributed by atoms with Crippen LogP contribution in [0.1, 0.15) is 39.2 Å². The Balaban J connectivity index is 1.84. The number of aliphatic hydroxyl groups excluding tert-OH is 1. The van der Waals surface area contributed by atoms with Gasteiger partial charge >= 0.3 is 0 Å². The van der Waals surface area contributed by atoms with Crippen LogP contribution in [0.25, 0.3) is 0 Å². The molecule has 0 aromatic heterocycles. The predicted molar refractivity (Wildman–Crippen MR) is 124 cm³/mol. The van der Waals surface area contributed by atoms with Gasteiger partial charge in [0, 0.05) is 7.05 Å². The largest absolute Gasteiger partial charge is 0.394 e. The van der Waals surface area contributed by atoms with Crippen molar-refractivity contribution in [3.63, 3.8) is 0 Å². The minimum Gasteiger partial charge on any atom is -0.394 e. The van der Waals surface area contributed by atoms with Crippen LogP contribution in [-0.2, 0) is 19.1 Å². The summed E-state index contributed by atoms with van der Waals surface area (Å²) in [6.45, 7) is 7.25. The number of aliphatic hydroxyl groups is 1. The molecule has 3 amide bonds. The second-order valence-electron chi connectivity index (χ2n) is 9.73. The first kappa shape index (κ1) is 24.0. The number of para-hydroxylation sites is 1. The van der Waals surface area contributed by atoms with E-state index in [9.17, 15) is 19.5 Å². The van der Waals surface area contributed by atoms with Crippen molar-refractivity contribution in [2.75, 3.05) is 19.0 Å². The van der Waals surface area contributed by atoms with Crippen LogP contribution in [0.15, 0.2) is 18.2 Å². The van der Waals surface area contributed by atoms with E-state index in [1.54, 1.807) is 19.2 Å². The lowest BCUT2D eigenvalue weighted by Gasteiger charge is -2.36. The number of carbonyl (C=O) groups is 3. The Morgan fingerprint density at radius 1 is 1.36 bits per heavy atom. The standard InChI is InChI=1S/C24H32ClN3O5/c1-6-14(11-29)28-19(21(31)27-18-12(2)8-7-9-15(18)25)24-10-13(3)23(4,33-24)16(20(30)26-5)17(24)22(28)32/h7-9,13-14,16-17,19,29H,6,10-11H2,1-5H3,(H,26,30)(H,27,31)/t13?,14-,16+,17-,19?,23-,24?/m0/s1. The van der Waals surface area contributed by atoms with Crippen molar-refractivity contribution >= 4 is 35.0 Å². The van der Waals surface area contributed by atoms with Crippen LogP contribution in [0.2, 0.25) is 5.02 Å². The number of amides is 3. The summed E-state index contributed by atoms with van der Waals surface area (Å²) in [7, 11) is 1.54. The number of nitrogens with one attached hydrogen (secondary N) is 2. The van der Waals surface area contributed by atoms with Crippen molar-refractivity contribution in [1.29, 1.82) is 0 Å². The summed E-state index contributed by atoms with van der Waals surface area (Å²) in [4.78, 5) is 42.2. The minimum atomic E-state index is -1.16. The highest BCUT2D eigenvalue weighted by molar-refractivity contribution is 6.34. The Labute approximate surface area is 199 Å². The van der Waals surface area contributed by atoms with Crippen LogP contribution in [0.4, 0.5) is 5.69 Å². The van der Waals surface area contributed by atoms with Gasteiger partial charge in [-0.15, -0.1) is 0 Å². The number of anilines is 1. The van der Waals surface area contributed by atoms with Gasteiger partial charge < -0.3 is 25.4 Å². The molecule has 2 bridgehead atoms. The number of hydrogen-bond acceptors (Lipinski definition) is 5. The van der Waals surface area contributed by atoms with Crippen molar-refractivity contribution in [3.05, 3.63) is 28.8 Å². The molecule has 3 saturated heterocycles. The number of hydrogen-bond donors (Lipinski definition) is 3. The molecular formula is C24H32ClN3O5. The lowest BCUT2D eigenvalue weighted by atomic mass is 9.62. The molecule has 3 aliphatic heterocycles. The molecule has 3 heterocycles. The normalized spacial score (nSPS) is 35.5. The van der Waals surface area contributed by atoms with Gasteiger partial charge in [0.15, 0.2) is 0 Å². The van der Waals surface area contributed by atoms with E-state index in [4.69, 9.17) is 16.3 Å². The van der Waals surface area contributed by atoms with Crippen molar-refractivity contribution in [3.8, 4) is 0 Å². The van der Waals surface area contributed by atoms with Gasteiger partial charge in [0.1, 0.15) is 11.6 Å². The molecule has 3 aliphatic rings. The topological polar surface area (TPSA) is 108 Å². The molecule has 1 aromatic rings. The summed E-state index contributed by atoms with van der Waals surface area (Å²) in [5, 5.41) is 16.1. The van der Waals surface area contributed by atoms with Crippen molar-refractivity contribution in [2.24, 2.45) is 17.8 Å². The van der Waals surface area contributed by atoms with E-state index < -0.39 is 41.0 Å². The number of likely N-dealkylation sites (tertiary alicyclic amines) is 1. The highest BCUT2D eigenvalue weighted by Gasteiger charge is 2.80. The number of ether oxygens (including phenoxy) is 1. The number of benzene rings is 1. The zero-order valence-corrected chi connectivity index (χ0v) is 20.4. The van der Waals surface area contributed by atoms with Crippen LogP contribution in [0, 0.1) is 24.7 Å². The van der Waals surface area contributed by atoms with E-state index >= 15 is 0 Å². The van der Waals surface area contributed by atoms with Crippen LogP contribution < -0.4 is 10.6 Å². The van der Waals surface area contributed by atoms with Crippen LogP contribution >= 0.6 is 11.6 Å². The number of rotatable bonds is 6. The molecule has 1 aromatic carbocycles. The molecule has 0 saturated carbocycles. The van der Waals surface area contributed by atoms with Crippen LogP contribution in [0.5, 0.6) is 0 Å². The van der Waals surface area contributed by atoms with Gasteiger partial charge in [0.25, 0.3) is 0 Å². The highest BCUT2D eigenvalue weighted by atomic mass is 35.5. The summed E-state index contributed by atoms with van der Waals surface area (Å²) in [6, 6.07) is 3.75. The Morgan fingerprint density at radius 3 is 2.64 bits per heavy atom. The first-order valence-corrected chi connectivity index (χ1v) is 11.9. The smallest absolute Gasteiger partial charge is 0.250 e. The maximum absolute atomic E-state index is 13.9. The fraction of sp³-hybridized carbons (Fsp3) is 0.625. The van der Waals surface area contributed by atoms with Crippen LogP contribution in [0.3, 0.4) is 0 Å². The maximum Gasteiger partial charge on any atom is 0.250 e. The third-order valence-electron chi connectivity index (χ3n) is 8.08. The van der Waals surface area contributed by atoms with Crippen molar-refractivity contribution in [2.45, 2.75) is 63.8 Å². The highest BCUT2D eigenvalue weighted by Crippen LogP contribution is 2.65. The third-order valence-corrected chi connectivity index (χ3v) is 8.39. The quantitative estimate of drug-likeness (QED) is 0.581. The fourth-order valence-corrected chi connectivity index (χ4v) is 6.59. The molecule has 3 N–H and O–H groups in total. The number of carbonyl (C=O) groups excluding carboxylic acids is 3. The summed E-state index contributed by atoms with van der Waals surface area (Å²) in [5.41, 5.74) is -0.769. The lowest BCUT2D eigenvalue weighted by Crippen LogP contribution is -2.56. The Bertz CT molecular complexity index is 978. The molecule has 8 nitrogen and oxygen atoms in total. The zero-order chi connectivity index (χ0) is 24.3. The van der Waals surface area contributed by atoms with E-state index in [0.29, 0.717) is 23.6 Å². The Hall–Kier alpha value is -2.16. The Morgan fingerprint density at radius 2 is 2.06 bits per heavy atom. The van der Waals surface area contributed by atoms with Crippen molar-refractivity contribution < 1.29 is 24.2 Å². The number of fused-ring (bicyclic) bond motifs is 1. The van der Waals surface area contributed by atoms with Gasteiger partial charge in [-0.3, -0.25) is 14.4 Å². The Kier molecular flexibility index (Phi) is 6.00. The van der Waals surface area contributed by atoms with Gasteiger partial charge in [-0.05, 0) is 44.2 Å². The van der Waals surface area contributed by atoms with Gasteiger partial charge in [0.2, 0.25) is 17.7 Å². The first-order chi connectivity index (χ1) is 15.6. The average Bonchev–Trinajstić information content (AvgIpc) is 3.28. The van der Waals surface area contributed by atoms with Gasteiger partial charge in [-0.1, -0.05) is 37.6 Å². The van der Waals surface area contributed by atoms with E-state index in [-0.39, 0.29) is 24.3 Å². The second-order valence-corrected chi connectivity index (χ2v) is 10.1. The minimum absolute atomic E-state index is 0.0460. The lowest BCUT2D eigenvalue weighted by molar-refractivity contribution is -0.149. The van der Waals surface area contributed by atoms with E-state index in [0.717, 1.165) is 5.56 Å². The molecule has 0 radical (unpaired) electrons. The van der Waals surface area contributed by atoms with E-state index in [2.05, 4.69) is 10.6 Å². The average molecular weight is 478 g/mol.